The van der Waals surface area contributed by atoms with Gasteiger partial charge in [-0.25, -0.2) is 0 Å². The molecule has 0 N–H and O–H groups in total. The molecule has 0 amide bonds. The van der Waals surface area contributed by atoms with Crippen molar-refractivity contribution in [3.8, 4) is 17.1 Å². The molecule has 0 bridgehead atoms. The number of ketones is 1. The summed E-state index contributed by atoms with van der Waals surface area (Å²) >= 11 is 0. The summed E-state index contributed by atoms with van der Waals surface area (Å²) in [6.45, 7) is 3.55. The molecule has 18 heavy (non-hydrogen) atoms. The number of ether oxygens (including phenoxy) is 1. The van der Waals surface area contributed by atoms with Crippen LogP contribution in [-0.4, -0.2) is 18.0 Å². The number of hydrogen-bond donors (Lipinski definition) is 0. The van der Waals surface area contributed by atoms with Crippen molar-refractivity contribution in [2.24, 2.45) is 0 Å². The van der Waals surface area contributed by atoms with E-state index in [1.54, 1.807) is 7.11 Å². The molecule has 94 valence electrons. The van der Waals surface area contributed by atoms with E-state index in [9.17, 15) is 4.79 Å². The molecule has 0 aliphatic carbocycles. The Kier molecular flexibility index (Phi) is 3.46. The number of hydrogen-bond acceptors (Lipinski definition) is 4. The number of nitrogens with zero attached hydrogens (tertiary/aromatic N) is 1. The van der Waals surface area contributed by atoms with Gasteiger partial charge >= 0.3 is 0 Å². The third-order valence-corrected chi connectivity index (χ3v) is 2.87. The van der Waals surface area contributed by atoms with E-state index in [1.165, 1.54) is 13.1 Å². The summed E-state index contributed by atoms with van der Waals surface area (Å²) < 4.78 is 10.4. The van der Waals surface area contributed by atoms with E-state index in [0.717, 1.165) is 23.3 Å². The lowest BCUT2D eigenvalue weighted by Gasteiger charge is -2.08. The lowest BCUT2D eigenvalue weighted by molar-refractivity contribution is 0.101. The molecular formula is C14H15NO3. The van der Waals surface area contributed by atoms with Gasteiger partial charge in [-0.05, 0) is 37.1 Å². The molecule has 2 aromatic rings. The molecule has 4 nitrogen and oxygen atoms in total. The first-order valence-electron chi connectivity index (χ1n) is 5.80. The van der Waals surface area contributed by atoms with E-state index in [0.29, 0.717) is 11.3 Å². The first-order valence-corrected chi connectivity index (χ1v) is 5.80. The van der Waals surface area contributed by atoms with Gasteiger partial charge in [0.05, 0.1) is 18.9 Å². The van der Waals surface area contributed by atoms with Crippen molar-refractivity contribution in [2.45, 2.75) is 20.3 Å². The number of carbonyl (C=O) groups is 1. The van der Waals surface area contributed by atoms with E-state index in [2.05, 4.69) is 5.16 Å². The van der Waals surface area contributed by atoms with Gasteiger partial charge in [0, 0.05) is 5.56 Å². The van der Waals surface area contributed by atoms with Gasteiger partial charge in [-0.2, -0.15) is 0 Å². The smallest absolute Gasteiger partial charge is 0.177 e. The molecule has 1 aromatic carbocycles. The number of aromatic nitrogens is 1. The minimum atomic E-state index is -0.0554. The third kappa shape index (κ3) is 2.14. The Morgan fingerprint density at radius 3 is 2.83 bits per heavy atom. The molecule has 0 fully saturated rings. The average Bonchev–Trinajstić information content (AvgIpc) is 2.87. The Morgan fingerprint density at radius 2 is 2.22 bits per heavy atom. The molecular weight excluding hydrogens is 230 g/mol. The standard InChI is InChI=1S/C14H15NO3/c1-4-10-7-11(5-6-13(10)17-3)14-12(9(2)16)8-15-18-14/h5-8H,4H2,1-3H3. The van der Waals surface area contributed by atoms with Crippen LogP contribution in [0.5, 0.6) is 5.75 Å². The Hall–Kier alpha value is -2.10. The topological polar surface area (TPSA) is 52.3 Å². The van der Waals surface area contributed by atoms with Crippen LogP contribution < -0.4 is 4.74 Å². The zero-order valence-corrected chi connectivity index (χ0v) is 10.7. The van der Waals surface area contributed by atoms with Gasteiger partial charge < -0.3 is 9.26 Å². The molecule has 0 saturated carbocycles. The fraction of sp³-hybridized carbons (Fsp3) is 0.286. The van der Waals surface area contributed by atoms with Crippen LogP contribution in [0.25, 0.3) is 11.3 Å². The van der Waals surface area contributed by atoms with E-state index in [4.69, 9.17) is 9.26 Å². The summed E-state index contributed by atoms with van der Waals surface area (Å²) in [5.74, 6) is 1.30. The SMILES string of the molecule is CCc1cc(-c2oncc2C(C)=O)ccc1OC. The van der Waals surface area contributed by atoms with Crippen molar-refractivity contribution in [1.82, 2.24) is 5.16 Å². The monoisotopic (exact) mass is 245 g/mol. The molecule has 0 radical (unpaired) electrons. The lowest BCUT2D eigenvalue weighted by Crippen LogP contribution is -1.94. The molecule has 0 aliphatic heterocycles. The van der Waals surface area contributed by atoms with Gasteiger partial charge in [-0.3, -0.25) is 4.79 Å². The van der Waals surface area contributed by atoms with Gasteiger partial charge in [-0.15, -0.1) is 0 Å². The molecule has 1 aromatic heterocycles. The molecule has 2 rings (SSSR count). The van der Waals surface area contributed by atoms with Crippen LogP contribution in [0.2, 0.25) is 0 Å². The maximum Gasteiger partial charge on any atom is 0.177 e. The Bertz CT molecular complexity index is 572. The predicted molar refractivity (Wildman–Crippen MR) is 67.9 cm³/mol. The first kappa shape index (κ1) is 12.4. The molecule has 0 saturated heterocycles. The van der Waals surface area contributed by atoms with E-state index in [1.807, 2.05) is 25.1 Å². The van der Waals surface area contributed by atoms with Gasteiger partial charge in [0.15, 0.2) is 11.5 Å². The third-order valence-electron chi connectivity index (χ3n) is 2.87. The van der Waals surface area contributed by atoms with Crippen molar-refractivity contribution >= 4 is 5.78 Å². The van der Waals surface area contributed by atoms with Crippen molar-refractivity contribution in [3.05, 3.63) is 35.5 Å². The first-order chi connectivity index (χ1) is 8.67. The van der Waals surface area contributed by atoms with Gasteiger partial charge in [0.25, 0.3) is 0 Å². The summed E-state index contributed by atoms with van der Waals surface area (Å²) in [7, 11) is 1.64. The lowest BCUT2D eigenvalue weighted by atomic mass is 10.0. The number of methoxy groups -OCH3 is 1. The van der Waals surface area contributed by atoms with Gasteiger partial charge in [0.2, 0.25) is 0 Å². The van der Waals surface area contributed by atoms with Crippen LogP contribution in [0.4, 0.5) is 0 Å². The van der Waals surface area contributed by atoms with Crippen molar-refractivity contribution < 1.29 is 14.1 Å². The minimum absolute atomic E-state index is 0.0554. The van der Waals surface area contributed by atoms with E-state index < -0.39 is 0 Å². The van der Waals surface area contributed by atoms with Gasteiger partial charge in [-0.1, -0.05) is 12.1 Å². The predicted octanol–water partition coefficient (Wildman–Crippen LogP) is 3.12. The second-order valence-electron chi connectivity index (χ2n) is 4.00. The summed E-state index contributed by atoms with van der Waals surface area (Å²) in [6.07, 6.45) is 2.30. The molecule has 0 atom stereocenters. The maximum atomic E-state index is 11.5. The highest BCUT2D eigenvalue weighted by Crippen LogP contribution is 2.29. The van der Waals surface area contributed by atoms with Crippen molar-refractivity contribution in [3.63, 3.8) is 0 Å². The normalized spacial score (nSPS) is 10.4. The minimum Gasteiger partial charge on any atom is -0.496 e. The maximum absolute atomic E-state index is 11.5. The fourth-order valence-electron chi connectivity index (χ4n) is 1.89. The summed E-state index contributed by atoms with van der Waals surface area (Å²) in [5.41, 5.74) is 2.42. The van der Waals surface area contributed by atoms with Crippen LogP contribution in [-0.2, 0) is 6.42 Å². The number of aryl methyl sites for hydroxylation is 1. The van der Waals surface area contributed by atoms with Crippen LogP contribution in [0.1, 0.15) is 29.8 Å². The average molecular weight is 245 g/mol. The van der Waals surface area contributed by atoms with Crippen LogP contribution in [0.3, 0.4) is 0 Å². The Balaban J connectivity index is 2.51. The van der Waals surface area contributed by atoms with Crippen LogP contribution in [0.15, 0.2) is 28.9 Å². The van der Waals surface area contributed by atoms with Crippen molar-refractivity contribution in [2.75, 3.05) is 7.11 Å². The largest absolute Gasteiger partial charge is 0.496 e. The van der Waals surface area contributed by atoms with Crippen molar-refractivity contribution in [1.29, 1.82) is 0 Å². The number of Topliss-reactive ketones (excluding diaryl/α,β-unsaturated/α-hetero) is 1. The number of carbonyl (C=O) groups excluding carboxylic acids is 1. The van der Waals surface area contributed by atoms with Crippen LogP contribution >= 0.6 is 0 Å². The van der Waals surface area contributed by atoms with Gasteiger partial charge in [0.1, 0.15) is 5.75 Å². The fourth-order valence-corrected chi connectivity index (χ4v) is 1.89. The van der Waals surface area contributed by atoms with E-state index >= 15 is 0 Å². The molecule has 0 aliphatic rings. The Morgan fingerprint density at radius 1 is 1.44 bits per heavy atom. The highest BCUT2D eigenvalue weighted by molar-refractivity contribution is 5.99. The van der Waals surface area contributed by atoms with E-state index in [-0.39, 0.29) is 5.78 Å². The highest BCUT2D eigenvalue weighted by Gasteiger charge is 2.15. The molecule has 4 heteroatoms. The highest BCUT2D eigenvalue weighted by atomic mass is 16.5. The summed E-state index contributed by atoms with van der Waals surface area (Å²) in [5, 5.41) is 3.69. The number of benzene rings is 1. The molecule has 1 heterocycles. The molecule has 0 unspecified atom stereocenters. The summed E-state index contributed by atoms with van der Waals surface area (Å²) in [4.78, 5) is 11.5. The second-order valence-corrected chi connectivity index (χ2v) is 4.00. The summed E-state index contributed by atoms with van der Waals surface area (Å²) in [6, 6.07) is 5.71. The number of rotatable bonds is 4. The van der Waals surface area contributed by atoms with Crippen LogP contribution in [0, 0.1) is 0 Å². The zero-order chi connectivity index (χ0) is 13.1. The second kappa shape index (κ2) is 5.04. The Labute approximate surface area is 106 Å². The zero-order valence-electron chi connectivity index (χ0n) is 10.7. The quantitative estimate of drug-likeness (QED) is 0.776. The molecule has 0 spiro atoms.